The fourth-order valence-electron chi connectivity index (χ4n) is 2.58. The van der Waals surface area contributed by atoms with Gasteiger partial charge in [-0.25, -0.2) is 4.98 Å². The number of thiophene rings is 1. The van der Waals surface area contributed by atoms with Gasteiger partial charge < -0.3 is 9.64 Å². The molecule has 0 saturated carbocycles. The normalized spacial score (nSPS) is 17.8. The minimum absolute atomic E-state index is 0.0113. The van der Waals surface area contributed by atoms with Gasteiger partial charge in [0.1, 0.15) is 11.9 Å². The van der Waals surface area contributed by atoms with Crippen molar-refractivity contribution < 1.29 is 9.53 Å². The number of likely N-dealkylation sites (tertiary alicyclic amines) is 1. The van der Waals surface area contributed by atoms with Crippen molar-refractivity contribution in [3.8, 4) is 5.88 Å². The first-order chi connectivity index (χ1) is 11.1. The highest BCUT2D eigenvalue weighted by Crippen LogP contribution is 2.18. The standard InChI is InChI=1S/C17H19N3O2S/c1-12-10-16(19-13(2)18-12)22-14-7-8-20(11-14)17(21)6-5-15-4-3-9-23-15/h3-6,9-10,14H,7-8,11H2,1-2H3/b6-5+. The summed E-state index contributed by atoms with van der Waals surface area (Å²) in [6.07, 6.45) is 4.30. The Balaban J connectivity index is 1.56. The molecule has 2 aromatic heterocycles. The van der Waals surface area contributed by atoms with Crippen LogP contribution in [-0.4, -0.2) is 40.0 Å². The first-order valence-electron chi connectivity index (χ1n) is 7.59. The van der Waals surface area contributed by atoms with Gasteiger partial charge >= 0.3 is 0 Å². The summed E-state index contributed by atoms with van der Waals surface area (Å²) in [5, 5.41) is 2.00. The Morgan fingerprint density at radius 2 is 2.30 bits per heavy atom. The number of rotatable bonds is 4. The molecule has 1 aliphatic rings. The number of carbonyl (C=O) groups excluding carboxylic acids is 1. The third-order valence-corrected chi connectivity index (χ3v) is 4.46. The molecule has 3 rings (SSSR count). The molecule has 5 nitrogen and oxygen atoms in total. The summed E-state index contributed by atoms with van der Waals surface area (Å²) in [5.74, 6) is 1.31. The topological polar surface area (TPSA) is 55.3 Å². The van der Waals surface area contributed by atoms with Crippen LogP contribution in [0.1, 0.15) is 22.8 Å². The molecule has 1 fully saturated rings. The van der Waals surface area contributed by atoms with Crippen LogP contribution in [0.2, 0.25) is 0 Å². The van der Waals surface area contributed by atoms with E-state index in [0.29, 0.717) is 24.8 Å². The predicted octanol–water partition coefficient (Wildman–Crippen LogP) is 2.85. The highest BCUT2D eigenvalue weighted by molar-refractivity contribution is 7.10. The number of hydrogen-bond acceptors (Lipinski definition) is 5. The summed E-state index contributed by atoms with van der Waals surface area (Å²) in [6, 6.07) is 5.79. The zero-order valence-electron chi connectivity index (χ0n) is 13.2. The predicted molar refractivity (Wildman–Crippen MR) is 90.5 cm³/mol. The van der Waals surface area contributed by atoms with Gasteiger partial charge in [0.25, 0.3) is 0 Å². The van der Waals surface area contributed by atoms with Crippen LogP contribution in [0.15, 0.2) is 29.7 Å². The van der Waals surface area contributed by atoms with Crippen LogP contribution in [0.25, 0.3) is 6.08 Å². The lowest BCUT2D eigenvalue weighted by atomic mass is 10.3. The highest BCUT2D eigenvalue weighted by Gasteiger charge is 2.26. The number of aromatic nitrogens is 2. The summed E-state index contributed by atoms with van der Waals surface area (Å²) in [5.41, 5.74) is 0.886. The molecular formula is C17H19N3O2S. The van der Waals surface area contributed by atoms with E-state index in [1.165, 1.54) is 0 Å². The lowest BCUT2D eigenvalue weighted by molar-refractivity contribution is -0.125. The lowest BCUT2D eigenvalue weighted by Crippen LogP contribution is -2.29. The molecule has 0 aromatic carbocycles. The summed E-state index contributed by atoms with van der Waals surface area (Å²) in [7, 11) is 0. The Morgan fingerprint density at radius 1 is 1.43 bits per heavy atom. The van der Waals surface area contributed by atoms with Crippen LogP contribution in [-0.2, 0) is 4.79 Å². The van der Waals surface area contributed by atoms with Crippen molar-refractivity contribution in [3.63, 3.8) is 0 Å². The monoisotopic (exact) mass is 329 g/mol. The van der Waals surface area contributed by atoms with Crippen LogP contribution >= 0.6 is 11.3 Å². The minimum atomic E-state index is -0.0113. The number of carbonyl (C=O) groups is 1. The molecule has 0 radical (unpaired) electrons. The molecule has 1 unspecified atom stereocenters. The van der Waals surface area contributed by atoms with Gasteiger partial charge in [-0.1, -0.05) is 6.07 Å². The van der Waals surface area contributed by atoms with E-state index in [4.69, 9.17) is 4.74 Å². The Hall–Kier alpha value is -2.21. The Labute approximate surface area is 139 Å². The number of nitrogens with zero attached hydrogens (tertiary/aromatic N) is 3. The van der Waals surface area contributed by atoms with Gasteiger partial charge in [0.2, 0.25) is 11.8 Å². The molecule has 120 valence electrons. The maximum Gasteiger partial charge on any atom is 0.246 e. The molecule has 0 spiro atoms. The molecule has 2 aromatic rings. The van der Waals surface area contributed by atoms with Gasteiger partial charge in [-0.05, 0) is 31.4 Å². The van der Waals surface area contributed by atoms with Gasteiger partial charge in [0.15, 0.2) is 0 Å². The van der Waals surface area contributed by atoms with Crippen molar-refractivity contribution >= 4 is 23.3 Å². The number of aryl methyl sites for hydroxylation is 2. The smallest absolute Gasteiger partial charge is 0.246 e. The van der Waals surface area contributed by atoms with E-state index in [0.717, 1.165) is 17.0 Å². The Kier molecular flexibility index (Phi) is 4.71. The van der Waals surface area contributed by atoms with Crippen molar-refractivity contribution in [2.45, 2.75) is 26.4 Å². The molecule has 0 N–H and O–H groups in total. The van der Waals surface area contributed by atoms with Crippen molar-refractivity contribution in [2.75, 3.05) is 13.1 Å². The third kappa shape index (κ3) is 4.16. The SMILES string of the molecule is Cc1cc(OC2CCN(C(=O)/C=C/c3cccs3)C2)nc(C)n1. The molecule has 6 heteroatoms. The number of amides is 1. The van der Waals surface area contributed by atoms with E-state index >= 15 is 0 Å². The Morgan fingerprint density at radius 3 is 3.04 bits per heavy atom. The van der Waals surface area contributed by atoms with Crippen LogP contribution in [0, 0.1) is 13.8 Å². The molecule has 1 atom stereocenters. The van der Waals surface area contributed by atoms with Gasteiger partial charge in [-0.15, -0.1) is 11.3 Å². The van der Waals surface area contributed by atoms with E-state index in [-0.39, 0.29) is 12.0 Å². The number of hydrogen-bond donors (Lipinski definition) is 0. The van der Waals surface area contributed by atoms with E-state index < -0.39 is 0 Å². The fourth-order valence-corrected chi connectivity index (χ4v) is 3.20. The van der Waals surface area contributed by atoms with Gasteiger partial charge in [0, 0.05) is 35.7 Å². The molecular weight excluding hydrogens is 310 g/mol. The zero-order valence-corrected chi connectivity index (χ0v) is 14.0. The summed E-state index contributed by atoms with van der Waals surface area (Å²) < 4.78 is 5.90. The first-order valence-corrected chi connectivity index (χ1v) is 8.47. The van der Waals surface area contributed by atoms with E-state index in [1.807, 2.05) is 48.4 Å². The molecule has 1 amide bonds. The average molecular weight is 329 g/mol. The molecule has 1 saturated heterocycles. The molecule has 1 aliphatic heterocycles. The van der Waals surface area contributed by atoms with E-state index in [2.05, 4.69) is 9.97 Å². The summed E-state index contributed by atoms with van der Waals surface area (Å²) >= 11 is 1.62. The van der Waals surface area contributed by atoms with Gasteiger partial charge in [-0.3, -0.25) is 4.79 Å². The highest BCUT2D eigenvalue weighted by atomic mass is 32.1. The second-order valence-electron chi connectivity index (χ2n) is 5.56. The maximum absolute atomic E-state index is 12.2. The summed E-state index contributed by atoms with van der Waals surface area (Å²) in [4.78, 5) is 23.6. The van der Waals surface area contributed by atoms with Crippen LogP contribution in [0.5, 0.6) is 5.88 Å². The quantitative estimate of drug-likeness (QED) is 0.810. The van der Waals surface area contributed by atoms with E-state index in [1.54, 1.807) is 17.4 Å². The largest absolute Gasteiger partial charge is 0.472 e. The van der Waals surface area contributed by atoms with Crippen LogP contribution < -0.4 is 4.74 Å². The number of ether oxygens (including phenoxy) is 1. The van der Waals surface area contributed by atoms with Crippen molar-refractivity contribution in [1.29, 1.82) is 0 Å². The average Bonchev–Trinajstić information content (AvgIpc) is 3.15. The molecule has 0 aliphatic carbocycles. The van der Waals surface area contributed by atoms with Crippen molar-refractivity contribution in [1.82, 2.24) is 14.9 Å². The second-order valence-corrected chi connectivity index (χ2v) is 6.54. The van der Waals surface area contributed by atoms with Crippen molar-refractivity contribution in [2.24, 2.45) is 0 Å². The van der Waals surface area contributed by atoms with E-state index in [9.17, 15) is 4.79 Å². The first kappa shape index (κ1) is 15.7. The van der Waals surface area contributed by atoms with Crippen LogP contribution in [0.3, 0.4) is 0 Å². The molecule has 23 heavy (non-hydrogen) atoms. The fraction of sp³-hybridized carbons (Fsp3) is 0.353. The lowest BCUT2D eigenvalue weighted by Gasteiger charge is -2.15. The van der Waals surface area contributed by atoms with Gasteiger partial charge in [0.05, 0.1) is 6.54 Å². The Bertz CT molecular complexity index is 692. The van der Waals surface area contributed by atoms with Gasteiger partial charge in [-0.2, -0.15) is 4.98 Å². The zero-order chi connectivity index (χ0) is 16.2. The minimum Gasteiger partial charge on any atom is -0.472 e. The summed E-state index contributed by atoms with van der Waals surface area (Å²) in [6.45, 7) is 5.07. The second kappa shape index (κ2) is 6.91. The van der Waals surface area contributed by atoms with Crippen LogP contribution in [0.4, 0.5) is 0 Å². The molecule has 3 heterocycles. The third-order valence-electron chi connectivity index (χ3n) is 3.62. The maximum atomic E-state index is 12.2. The molecule has 0 bridgehead atoms. The van der Waals surface area contributed by atoms with Crippen molar-refractivity contribution in [3.05, 3.63) is 46.1 Å².